The molecule has 110 valence electrons. The van der Waals surface area contributed by atoms with Gasteiger partial charge in [0.05, 0.1) is 0 Å². The van der Waals surface area contributed by atoms with Crippen molar-refractivity contribution in [1.29, 1.82) is 0 Å². The molecule has 7 heteroatoms. The van der Waals surface area contributed by atoms with Crippen LogP contribution in [0.1, 0.15) is 5.56 Å². The van der Waals surface area contributed by atoms with E-state index in [-0.39, 0.29) is 11.5 Å². The molecule has 2 aromatic rings. The van der Waals surface area contributed by atoms with E-state index in [1.165, 1.54) is 13.3 Å². The van der Waals surface area contributed by atoms with Gasteiger partial charge < -0.3 is 10.6 Å². The van der Waals surface area contributed by atoms with Crippen LogP contribution in [0.5, 0.6) is 0 Å². The molecule has 1 aromatic carbocycles. The highest BCUT2D eigenvalue weighted by atomic mass is 16.2. The van der Waals surface area contributed by atoms with Crippen molar-refractivity contribution in [3.05, 3.63) is 50.7 Å². The first-order valence-electron chi connectivity index (χ1n) is 6.30. The van der Waals surface area contributed by atoms with Crippen molar-refractivity contribution in [1.82, 2.24) is 9.55 Å². The van der Waals surface area contributed by atoms with Crippen LogP contribution >= 0.6 is 0 Å². The summed E-state index contributed by atoms with van der Waals surface area (Å²) in [6, 6.07) is 7.64. The smallest absolute Gasteiger partial charge is 0.329 e. The van der Waals surface area contributed by atoms with Crippen molar-refractivity contribution in [2.45, 2.75) is 0 Å². The number of hydrogen-bond donors (Lipinski definition) is 2. The Morgan fingerprint density at radius 1 is 1.24 bits per heavy atom. The first kappa shape index (κ1) is 14.6. The lowest BCUT2D eigenvalue weighted by Crippen LogP contribution is -2.30. The molecule has 0 radical (unpaired) electrons. The first-order valence-corrected chi connectivity index (χ1v) is 6.30. The van der Waals surface area contributed by atoms with Gasteiger partial charge in [-0.3, -0.25) is 14.3 Å². The monoisotopic (exact) mass is 287 g/mol. The van der Waals surface area contributed by atoms with Gasteiger partial charge in [0.2, 0.25) is 0 Å². The van der Waals surface area contributed by atoms with Crippen LogP contribution in [0, 0.1) is 0 Å². The molecular formula is C14H17N5O2. The van der Waals surface area contributed by atoms with Gasteiger partial charge in [-0.15, -0.1) is 0 Å². The van der Waals surface area contributed by atoms with Crippen molar-refractivity contribution in [2.75, 3.05) is 24.7 Å². The van der Waals surface area contributed by atoms with Gasteiger partial charge in [0.1, 0.15) is 5.82 Å². The maximum absolute atomic E-state index is 11.7. The third-order valence-corrected chi connectivity index (χ3v) is 3.10. The van der Waals surface area contributed by atoms with Crippen LogP contribution < -0.4 is 21.9 Å². The fraction of sp³-hybridized carbons (Fsp3) is 0.214. The molecule has 1 heterocycles. The number of aromatic nitrogens is 2. The summed E-state index contributed by atoms with van der Waals surface area (Å²) in [6.45, 7) is 0. The van der Waals surface area contributed by atoms with E-state index >= 15 is 0 Å². The summed E-state index contributed by atoms with van der Waals surface area (Å²) in [7, 11) is 5.38. The van der Waals surface area contributed by atoms with Gasteiger partial charge in [0, 0.05) is 33.0 Å². The van der Waals surface area contributed by atoms with Crippen molar-refractivity contribution in [3.8, 4) is 0 Å². The Morgan fingerprint density at radius 3 is 2.43 bits per heavy atom. The molecule has 0 aliphatic rings. The van der Waals surface area contributed by atoms with E-state index in [9.17, 15) is 9.59 Å². The highest BCUT2D eigenvalue weighted by Crippen LogP contribution is 2.14. The number of benzene rings is 1. The van der Waals surface area contributed by atoms with Crippen LogP contribution in [0.25, 0.3) is 0 Å². The average molecular weight is 287 g/mol. The molecule has 1 aromatic heterocycles. The number of nitrogens with two attached hydrogens (primary N) is 1. The molecule has 3 N–H and O–H groups in total. The van der Waals surface area contributed by atoms with Gasteiger partial charge in [-0.25, -0.2) is 9.79 Å². The van der Waals surface area contributed by atoms with E-state index in [1.54, 1.807) is 0 Å². The molecule has 0 bridgehead atoms. The van der Waals surface area contributed by atoms with Gasteiger partial charge in [-0.1, -0.05) is 12.1 Å². The summed E-state index contributed by atoms with van der Waals surface area (Å²) in [4.78, 5) is 31.3. The molecular weight excluding hydrogens is 270 g/mol. The number of hydrogen-bond acceptors (Lipinski definition) is 5. The molecule has 21 heavy (non-hydrogen) atoms. The van der Waals surface area contributed by atoms with Crippen LogP contribution in [0.15, 0.2) is 38.8 Å². The third kappa shape index (κ3) is 3.02. The Bertz CT molecular complexity index is 784. The molecule has 0 fully saturated rings. The van der Waals surface area contributed by atoms with E-state index in [1.807, 2.05) is 43.3 Å². The van der Waals surface area contributed by atoms with Crippen molar-refractivity contribution < 1.29 is 0 Å². The maximum Gasteiger partial charge on any atom is 0.329 e. The second-order valence-corrected chi connectivity index (χ2v) is 4.80. The lowest BCUT2D eigenvalue weighted by atomic mass is 10.2. The number of rotatable bonds is 3. The fourth-order valence-electron chi connectivity index (χ4n) is 1.75. The number of H-pyrrole nitrogens is 1. The molecule has 0 amide bonds. The molecule has 0 aliphatic heterocycles. The first-order chi connectivity index (χ1) is 9.90. The summed E-state index contributed by atoms with van der Waals surface area (Å²) in [5, 5.41) is 0. The summed E-state index contributed by atoms with van der Waals surface area (Å²) >= 11 is 0. The van der Waals surface area contributed by atoms with Crippen LogP contribution in [-0.4, -0.2) is 29.9 Å². The predicted molar refractivity (Wildman–Crippen MR) is 84.7 cm³/mol. The van der Waals surface area contributed by atoms with E-state index in [0.29, 0.717) is 0 Å². The van der Waals surface area contributed by atoms with E-state index in [0.717, 1.165) is 15.8 Å². The zero-order valence-corrected chi connectivity index (χ0v) is 12.1. The van der Waals surface area contributed by atoms with E-state index in [2.05, 4.69) is 9.98 Å². The molecule has 0 aliphatic carbocycles. The topological polar surface area (TPSA) is 96.5 Å². The minimum Gasteiger partial charge on any atom is -0.383 e. The SMILES string of the molecule is CN(C)c1ccc(C=Nc2c(N)n(C)c(=O)[nH]c2=O)cc1. The van der Waals surface area contributed by atoms with Gasteiger partial charge in [-0.2, -0.15) is 0 Å². The second kappa shape index (κ2) is 5.66. The second-order valence-electron chi connectivity index (χ2n) is 4.80. The quantitative estimate of drug-likeness (QED) is 0.802. The van der Waals surface area contributed by atoms with Crippen LogP contribution in [0.2, 0.25) is 0 Å². The average Bonchev–Trinajstić information content (AvgIpc) is 2.45. The Kier molecular flexibility index (Phi) is 3.93. The number of aromatic amines is 1. The van der Waals surface area contributed by atoms with Crippen molar-refractivity contribution in [3.63, 3.8) is 0 Å². The third-order valence-electron chi connectivity index (χ3n) is 3.10. The summed E-state index contributed by atoms with van der Waals surface area (Å²) < 4.78 is 1.14. The van der Waals surface area contributed by atoms with Gasteiger partial charge in [0.25, 0.3) is 5.56 Å². The van der Waals surface area contributed by atoms with Gasteiger partial charge in [0.15, 0.2) is 5.69 Å². The van der Waals surface area contributed by atoms with Crippen LogP contribution in [0.3, 0.4) is 0 Å². The van der Waals surface area contributed by atoms with Gasteiger partial charge in [-0.05, 0) is 17.7 Å². The fourth-order valence-corrected chi connectivity index (χ4v) is 1.75. The predicted octanol–water partition coefficient (Wildman–Crippen LogP) is 0.472. The van der Waals surface area contributed by atoms with Gasteiger partial charge >= 0.3 is 5.69 Å². The lowest BCUT2D eigenvalue weighted by Gasteiger charge is -2.11. The molecule has 0 atom stereocenters. The zero-order valence-electron chi connectivity index (χ0n) is 12.1. The summed E-state index contributed by atoms with van der Waals surface area (Å²) in [6.07, 6.45) is 1.53. The van der Waals surface area contributed by atoms with Crippen molar-refractivity contribution in [2.24, 2.45) is 12.0 Å². The Labute approximate surface area is 121 Å². The van der Waals surface area contributed by atoms with Crippen molar-refractivity contribution >= 4 is 23.4 Å². The Balaban J connectivity index is 2.36. The number of nitrogen functional groups attached to an aromatic ring is 1. The minimum absolute atomic E-state index is 0.0220. The van der Waals surface area contributed by atoms with E-state index in [4.69, 9.17) is 5.73 Å². The highest BCUT2D eigenvalue weighted by Gasteiger charge is 2.07. The number of nitrogens with zero attached hydrogens (tertiary/aromatic N) is 3. The van der Waals surface area contributed by atoms with Crippen LogP contribution in [-0.2, 0) is 7.05 Å². The lowest BCUT2D eigenvalue weighted by molar-refractivity contribution is 0.813. The molecule has 0 saturated heterocycles. The molecule has 0 unspecified atom stereocenters. The largest absolute Gasteiger partial charge is 0.383 e. The Hall–Kier alpha value is -2.83. The molecule has 2 rings (SSSR count). The molecule has 0 saturated carbocycles. The Morgan fingerprint density at radius 2 is 1.86 bits per heavy atom. The summed E-state index contributed by atoms with van der Waals surface area (Å²) in [5.74, 6) is 0.0323. The zero-order chi connectivity index (χ0) is 15.6. The minimum atomic E-state index is -0.600. The number of aliphatic imine (C=N–C) groups is 1. The highest BCUT2D eigenvalue weighted by molar-refractivity contribution is 5.83. The molecule has 7 nitrogen and oxygen atoms in total. The number of anilines is 2. The standard InChI is InChI=1S/C14H17N5O2/c1-18(2)10-6-4-9(5-7-10)8-16-11-12(15)19(3)14(21)17-13(11)20/h4-8H,15H2,1-3H3,(H,17,20,21). The van der Waals surface area contributed by atoms with Crippen LogP contribution in [0.4, 0.5) is 17.2 Å². The molecule has 0 spiro atoms. The number of nitrogens with one attached hydrogen (secondary N) is 1. The maximum atomic E-state index is 11.7. The van der Waals surface area contributed by atoms with E-state index < -0.39 is 11.2 Å². The summed E-state index contributed by atoms with van der Waals surface area (Å²) in [5.41, 5.74) is 6.48. The normalized spacial score (nSPS) is 11.0.